The zero-order valence-corrected chi connectivity index (χ0v) is 11.3. The molecular weight excluding hydrogens is 258 g/mol. The van der Waals surface area contributed by atoms with Crippen LogP contribution >= 0.6 is 11.3 Å². The Balaban J connectivity index is 1.83. The van der Waals surface area contributed by atoms with E-state index < -0.39 is 0 Å². The fourth-order valence-electron chi connectivity index (χ4n) is 1.83. The maximum Gasteiger partial charge on any atom is 0.299 e. The van der Waals surface area contributed by atoms with Crippen LogP contribution in [0.2, 0.25) is 0 Å². The van der Waals surface area contributed by atoms with Crippen molar-refractivity contribution in [2.24, 2.45) is 0 Å². The van der Waals surface area contributed by atoms with Crippen molar-refractivity contribution in [3.8, 4) is 10.9 Å². The number of nitrogens with one attached hydrogen (secondary N) is 1. The Morgan fingerprint density at radius 2 is 1.95 bits per heavy atom. The monoisotopic (exact) mass is 271 g/mol. The minimum absolute atomic E-state index is 0.570. The van der Waals surface area contributed by atoms with E-state index in [2.05, 4.69) is 27.6 Å². The van der Waals surface area contributed by atoms with Crippen LogP contribution in [0.1, 0.15) is 5.01 Å². The third kappa shape index (κ3) is 2.72. The van der Waals surface area contributed by atoms with E-state index in [1.807, 2.05) is 37.4 Å². The summed E-state index contributed by atoms with van der Waals surface area (Å²) < 4.78 is 5.73. The number of ether oxygens (including phenoxy) is 1. The summed E-state index contributed by atoms with van der Waals surface area (Å²) in [7, 11) is 1.88. The van der Waals surface area contributed by atoms with Gasteiger partial charge in [-0.3, -0.25) is 0 Å². The first kappa shape index (κ1) is 12.1. The zero-order chi connectivity index (χ0) is 13.1. The summed E-state index contributed by atoms with van der Waals surface area (Å²) in [5.74, 6) is 0.783. The van der Waals surface area contributed by atoms with Crippen molar-refractivity contribution in [1.82, 2.24) is 15.5 Å². The molecule has 2 aromatic carbocycles. The van der Waals surface area contributed by atoms with E-state index in [0.29, 0.717) is 11.7 Å². The van der Waals surface area contributed by atoms with E-state index in [1.54, 1.807) is 0 Å². The maximum absolute atomic E-state index is 5.73. The van der Waals surface area contributed by atoms with Crippen LogP contribution in [0.5, 0.6) is 10.9 Å². The minimum Gasteiger partial charge on any atom is -0.430 e. The Labute approximate surface area is 115 Å². The van der Waals surface area contributed by atoms with Crippen molar-refractivity contribution in [2.45, 2.75) is 6.54 Å². The first-order valence-electron chi connectivity index (χ1n) is 5.99. The molecule has 4 nitrogen and oxygen atoms in total. The van der Waals surface area contributed by atoms with Gasteiger partial charge >= 0.3 is 0 Å². The van der Waals surface area contributed by atoms with Gasteiger partial charge in [0.2, 0.25) is 0 Å². The molecule has 3 rings (SSSR count). The number of hydrogen-bond donors (Lipinski definition) is 1. The zero-order valence-electron chi connectivity index (χ0n) is 10.5. The summed E-state index contributed by atoms with van der Waals surface area (Å²) in [5.41, 5.74) is 0. The predicted octanol–water partition coefficient (Wildman–Crippen LogP) is 3.20. The molecule has 0 unspecified atom stereocenters. The molecule has 0 spiro atoms. The fraction of sp³-hybridized carbons (Fsp3) is 0.143. The molecule has 0 saturated heterocycles. The van der Waals surface area contributed by atoms with Crippen LogP contribution in [0, 0.1) is 0 Å². The lowest BCUT2D eigenvalue weighted by Crippen LogP contribution is -2.04. The first-order chi connectivity index (χ1) is 9.35. The molecule has 0 radical (unpaired) electrons. The summed E-state index contributed by atoms with van der Waals surface area (Å²) in [6.07, 6.45) is 0. The lowest BCUT2D eigenvalue weighted by Gasteiger charge is -2.02. The number of nitrogens with zero attached hydrogens (tertiary/aromatic N) is 2. The predicted molar refractivity (Wildman–Crippen MR) is 76.7 cm³/mol. The van der Waals surface area contributed by atoms with Gasteiger partial charge in [0.05, 0.1) is 0 Å². The van der Waals surface area contributed by atoms with Gasteiger partial charge in [-0.25, -0.2) is 0 Å². The van der Waals surface area contributed by atoms with Crippen molar-refractivity contribution in [1.29, 1.82) is 0 Å². The van der Waals surface area contributed by atoms with Gasteiger partial charge in [-0.1, -0.05) is 46.8 Å². The Hall–Kier alpha value is -1.98. The second-order valence-corrected chi connectivity index (χ2v) is 5.13. The van der Waals surface area contributed by atoms with Crippen LogP contribution in [0.25, 0.3) is 10.8 Å². The molecule has 0 aliphatic heterocycles. The summed E-state index contributed by atoms with van der Waals surface area (Å²) in [5, 5.41) is 14.9. The summed E-state index contributed by atoms with van der Waals surface area (Å²) in [6, 6.07) is 14.2. The Morgan fingerprint density at radius 3 is 2.79 bits per heavy atom. The second-order valence-electron chi connectivity index (χ2n) is 4.10. The number of hydrogen-bond acceptors (Lipinski definition) is 5. The molecule has 96 valence electrons. The van der Waals surface area contributed by atoms with Gasteiger partial charge in [0.1, 0.15) is 10.8 Å². The largest absolute Gasteiger partial charge is 0.430 e. The quantitative estimate of drug-likeness (QED) is 0.791. The molecule has 1 aromatic heterocycles. The van der Waals surface area contributed by atoms with Crippen LogP contribution in [-0.2, 0) is 6.54 Å². The van der Waals surface area contributed by atoms with E-state index in [-0.39, 0.29) is 0 Å². The van der Waals surface area contributed by atoms with Gasteiger partial charge in [0, 0.05) is 6.54 Å². The smallest absolute Gasteiger partial charge is 0.299 e. The fourth-order valence-corrected chi connectivity index (χ4v) is 2.55. The highest BCUT2D eigenvalue weighted by Gasteiger charge is 2.06. The summed E-state index contributed by atoms with van der Waals surface area (Å²) >= 11 is 1.45. The van der Waals surface area contributed by atoms with Crippen molar-refractivity contribution in [3.05, 3.63) is 47.5 Å². The molecule has 1 heterocycles. The third-order valence-electron chi connectivity index (χ3n) is 2.70. The van der Waals surface area contributed by atoms with Gasteiger partial charge < -0.3 is 10.1 Å². The summed E-state index contributed by atoms with van der Waals surface area (Å²) in [6.45, 7) is 0.707. The highest BCUT2D eigenvalue weighted by atomic mass is 32.1. The van der Waals surface area contributed by atoms with Gasteiger partial charge in [0.15, 0.2) is 0 Å². The first-order valence-corrected chi connectivity index (χ1v) is 6.80. The number of benzene rings is 2. The van der Waals surface area contributed by atoms with E-state index in [1.165, 1.54) is 16.7 Å². The van der Waals surface area contributed by atoms with E-state index >= 15 is 0 Å². The normalized spacial score (nSPS) is 10.8. The Kier molecular flexibility index (Phi) is 3.39. The van der Waals surface area contributed by atoms with Crippen LogP contribution < -0.4 is 10.1 Å². The van der Waals surface area contributed by atoms with Gasteiger partial charge in [0.25, 0.3) is 5.19 Å². The highest BCUT2D eigenvalue weighted by molar-refractivity contribution is 7.13. The van der Waals surface area contributed by atoms with E-state index in [9.17, 15) is 0 Å². The lowest BCUT2D eigenvalue weighted by atomic mass is 10.1. The lowest BCUT2D eigenvalue weighted by molar-refractivity contribution is 0.473. The highest BCUT2D eigenvalue weighted by Crippen LogP contribution is 2.27. The number of aromatic nitrogens is 2. The molecule has 0 aliphatic rings. The van der Waals surface area contributed by atoms with Crippen LogP contribution in [0.3, 0.4) is 0 Å². The molecule has 0 aliphatic carbocycles. The van der Waals surface area contributed by atoms with Gasteiger partial charge in [-0.15, -0.1) is 5.10 Å². The van der Waals surface area contributed by atoms with Gasteiger partial charge in [-0.05, 0) is 30.0 Å². The van der Waals surface area contributed by atoms with E-state index in [4.69, 9.17) is 4.74 Å². The van der Waals surface area contributed by atoms with E-state index in [0.717, 1.165) is 16.1 Å². The van der Waals surface area contributed by atoms with Crippen molar-refractivity contribution in [3.63, 3.8) is 0 Å². The van der Waals surface area contributed by atoms with Crippen molar-refractivity contribution < 1.29 is 4.74 Å². The van der Waals surface area contributed by atoms with Crippen LogP contribution in [-0.4, -0.2) is 17.2 Å². The average molecular weight is 271 g/mol. The Bertz CT molecular complexity index is 696. The topological polar surface area (TPSA) is 47.0 Å². The molecular formula is C14H13N3OS. The maximum atomic E-state index is 5.73. The van der Waals surface area contributed by atoms with Crippen molar-refractivity contribution in [2.75, 3.05) is 7.05 Å². The molecule has 19 heavy (non-hydrogen) atoms. The third-order valence-corrected chi connectivity index (χ3v) is 3.50. The summed E-state index contributed by atoms with van der Waals surface area (Å²) in [4.78, 5) is 0. The molecule has 5 heteroatoms. The minimum atomic E-state index is 0.570. The second kappa shape index (κ2) is 5.34. The van der Waals surface area contributed by atoms with Crippen LogP contribution in [0.15, 0.2) is 42.5 Å². The Morgan fingerprint density at radius 1 is 1.11 bits per heavy atom. The molecule has 0 bridgehead atoms. The van der Waals surface area contributed by atoms with Gasteiger partial charge in [-0.2, -0.15) is 0 Å². The number of rotatable bonds is 4. The van der Waals surface area contributed by atoms with Crippen LogP contribution in [0.4, 0.5) is 0 Å². The SMILES string of the molecule is CNCc1nnc(Oc2ccc3ccccc3c2)s1. The molecule has 0 amide bonds. The molecule has 1 N–H and O–H groups in total. The van der Waals surface area contributed by atoms with Crippen molar-refractivity contribution >= 4 is 22.1 Å². The molecule has 0 saturated carbocycles. The molecule has 0 fully saturated rings. The molecule has 0 atom stereocenters. The number of fused-ring (bicyclic) bond motifs is 1. The molecule has 3 aromatic rings. The standard InChI is InChI=1S/C14H13N3OS/c1-15-9-13-16-17-14(19-13)18-12-7-6-10-4-2-3-5-11(10)8-12/h2-8,15H,9H2,1H3. The average Bonchev–Trinajstić information content (AvgIpc) is 2.86.